The summed E-state index contributed by atoms with van der Waals surface area (Å²) in [6, 6.07) is -0.200. The molecule has 15 heavy (non-hydrogen) atoms. The van der Waals surface area contributed by atoms with Gasteiger partial charge in [-0.1, -0.05) is 0 Å². The van der Waals surface area contributed by atoms with Crippen molar-refractivity contribution in [2.24, 2.45) is 5.73 Å². The number of carbonyl (C=O) groups is 1. The summed E-state index contributed by atoms with van der Waals surface area (Å²) in [5, 5.41) is 2.81. The maximum absolute atomic E-state index is 11.7. The number of ether oxygens (including phenoxy) is 2. The van der Waals surface area contributed by atoms with Crippen LogP contribution >= 0.6 is 0 Å². The van der Waals surface area contributed by atoms with E-state index in [4.69, 9.17) is 15.2 Å². The molecule has 0 aromatic heterocycles. The monoisotopic (exact) mass is 216 g/mol. The molecule has 1 fully saturated rings. The van der Waals surface area contributed by atoms with Crippen molar-refractivity contribution in [1.29, 1.82) is 0 Å². The molecule has 0 bridgehead atoms. The molecule has 3 N–H and O–H groups in total. The summed E-state index contributed by atoms with van der Waals surface area (Å²) in [6.07, 6.45) is 2.11. The highest BCUT2D eigenvalue weighted by molar-refractivity contribution is 5.87. The number of methoxy groups -OCH3 is 2. The zero-order valence-corrected chi connectivity index (χ0v) is 9.58. The highest BCUT2D eigenvalue weighted by atomic mass is 16.7. The maximum atomic E-state index is 11.7. The van der Waals surface area contributed by atoms with Gasteiger partial charge in [-0.3, -0.25) is 4.79 Å². The molecule has 1 aliphatic carbocycles. The molecule has 5 nitrogen and oxygen atoms in total. The average molecular weight is 216 g/mol. The minimum Gasteiger partial charge on any atom is -0.354 e. The lowest BCUT2D eigenvalue weighted by Crippen LogP contribution is -2.61. The predicted molar refractivity (Wildman–Crippen MR) is 56.2 cm³/mol. The van der Waals surface area contributed by atoms with E-state index in [1.807, 2.05) is 6.92 Å². The van der Waals surface area contributed by atoms with Gasteiger partial charge in [0.25, 0.3) is 0 Å². The number of hydrogen-bond acceptors (Lipinski definition) is 4. The van der Waals surface area contributed by atoms with Crippen molar-refractivity contribution >= 4 is 5.91 Å². The van der Waals surface area contributed by atoms with E-state index in [0.29, 0.717) is 0 Å². The largest absolute Gasteiger partial charge is 0.354 e. The summed E-state index contributed by atoms with van der Waals surface area (Å²) in [4.78, 5) is 11.7. The first kappa shape index (κ1) is 12.4. The second-order valence-electron chi connectivity index (χ2n) is 4.11. The van der Waals surface area contributed by atoms with Crippen molar-refractivity contribution in [3.63, 3.8) is 0 Å². The van der Waals surface area contributed by atoms with Gasteiger partial charge < -0.3 is 20.5 Å². The van der Waals surface area contributed by atoms with Gasteiger partial charge in [-0.25, -0.2) is 0 Å². The smallest absolute Gasteiger partial charge is 0.240 e. The van der Waals surface area contributed by atoms with Crippen molar-refractivity contribution in [2.45, 2.75) is 44.1 Å². The second-order valence-corrected chi connectivity index (χ2v) is 4.11. The third kappa shape index (κ3) is 2.68. The first-order valence-corrected chi connectivity index (χ1v) is 5.19. The SMILES string of the molecule is COC(OC)C(C)NC(=O)C1(N)CCC1. The molecule has 5 heteroatoms. The third-order valence-corrected chi connectivity index (χ3v) is 2.93. The normalized spacial score (nSPS) is 20.9. The highest BCUT2D eigenvalue weighted by Crippen LogP contribution is 2.29. The van der Waals surface area contributed by atoms with Crippen molar-refractivity contribution < 1.29 is 14.3 Å². The molecule has 1 rings (SSSR count). The van der Waals surface area contributed by atoms with E-state index in [9.17, 15) is 4.79 Å². The van der Waals surface area contributed by atoms with Crippen molar-refractivity contribution in [1.82, 2.24) is 5.32 Å². The van der Waals surface area contributed by atoms with Gasteiger partial charge in [-0.05, 0) is 26.2 Å². The van der Waals surface area contributed by atoms with E-state index in [1.165, 1.54) is 0 Å². The topological polar surface area (TPSA) is 73.6 Å². The predicted octanol–water partition coefficient (Wildman–Crippen LogP) is -0.00860. The van der Waals surface area contributed by atoms with Crippen LogP contribution in [-0.4, -0.2) is 38.0 Å². The fourth-order valence-corrected chi connectivity index (χ4v) is 1.71. The van der Waals surface area contributed by atoms with Gasteiger partial charge in [0.2, 0.25) is 5.91 Å². The van der Waals surface area contributed by atoms with E-state index in [1.54, 1.807) is 14.2 Å². The molecule has 1 amide bonds. The van der Waals surface area contributed by atoms with Crippen molar-refractivity contribution in [3.8, 4) is 0 Å². The van der Waals surface area contributed by atoms with Crippen LogP contribution in [-0.2, 0) is 14.3 Å². The van der Waals surface area contributed by atoms with E-state index in [0.717, 1.165) is 19.3 Å². The Hall–Kier alpha value is -0.650. The van der Waals surface area contributed by atoms with Gasteiger partial charge >= 0.3 is 0 Å². The van der Waals surface area contributed by atoms with Crippen LogP contribution in [0.1, 0.15) is 26.2 Å². The van der Waals surface area contributed by atoms with Gasteiger partial charge in [0.05, 0.1) is 11.6 Å². The molecule has 88 valence electrons. The van der Waals surface area contributed by atoms with Gasteiger partial charge in [0.15, 0.2) is 6.29 Å². The minimum absolute atomic E-state index is 0.111. The molecule has 0 aromatic rings. The number of hydrogen-bond donors (Lipinski definition) is 2. The molecule has 0 radical (unpaired) electrons. The van der Waals surface area contributed by atoms with Crippen LogP contribution in [0.5, 0.6) is 0 Å². The molecule has 0 aliphatic heterocycles. The second kappa shape index (κ2) is 4.92. The van der Waals surface area contributed by atoms with Gasteiger partial charge in [-0.15, -0.1) is 0 Å². The molecule has 0 heterocycles. The fraction of sp³-hybridized carbons (Fsp3) is 0.900. The highest BCUT2D eigenvalue weighted by Gasteiger charge is 2.41. The van der Waals surface area contributed by atoms with Crippen LogP contribution in [0.15, 0.2) is 0 Å². The Kier molecular flexibility index (Phi) is 4.07. The summed E-state index contributed by atoms with van der Waals surface area (Å²) >= 11 is 0. The fourth-order valence-electron chi connectivity index (χ4n) is 1.71. The molecule has 0 aromatic carbocycles. The Morgan fingerprint density at radius 3 is 2.27 bits per heavy atom. The lowest BCUT2D eigenvalue weighted by atomic mass is 9.77. The Labute approximate surface area is 90.3 Å². The lowest BCUT2D eigenvalue weighted by Gasteiger charge is -2.37. The Balaban J connectivity index is 2.43. The van der Waals surface area contributed by atoms with Crippen LogP contribution < -0.4 is 11.1 Å². The Morgan fingerprint density at radius 2 is 1.93 bits per heavy atom. The molecule has 0 spiro atoms. The number of carbonyl (C=O) groups excluding carboxylic acids is 1. The summed E-state index contributed by atoms with van der Waals surface area (Å²) in [6.45, 7) is 1.83. The molecule has 1 aliphatic rings. The van der Waals surface area contributed by atoms with Crippen LogP contribution in [0.25, 0.3) is 0 Å². The number of nitrogens with one attached hydrogen (secondary N) is 1. The Bertz CT molecular complexity index is 225. The molecule has 1 unspecified atom stereocenters. The standard InChI is InChI=1S/C10H20N2O3/c1-7(8(14-2)15-3)12-9(13)10(11)5-4-6-10/h7-8H,4-6,11H2,1-3H3,(H,12,13). The zero-order valence-electron chi connectivity index (χ0n) is 9.58. The number of amides is 1. The van der Waals surface area contributed by atoms with E-state index in [2.05, 4.69) is 5.32 Å². The van der Waals surface area contributed by atoms with Gasteiger partial charge in [0, 0.05) is 14.2 Å². The van der Waals surface area contributed by atoms with E-state index < -0.39 is 11.8 Å². The van der Waals surface area contributed by atoms with E-state index >= 15 is 0 Å². The quantitative estimate of drug-likeness (QED) is 0.634. The molecular formula is C10H20N2O3. The van der Waals surface area contributed by atoms with Gasteiger partial charge in [-0.2, -0.15) is 0 Å². The summed E-state index contributed by atoms with van der Waals surface area (Å²) in [7, 11) is 3.08. The van der Waals surface area contributed by atoms with Crippen molar-refractivity contribution in [3.05, 3.63) is 0 Å². The summed E-state index contributed by atoms with van der Waals surface area (Å²) in [5.74, 6) is -0.111. The van der Waals surface area contributed by atoms with Crippen LogP contribution in [0.4, 0.5) is 0 Å². The van der Waals surface area contributed by atoms with Crippen LogP contribution in [0, 0.1) is 0 Å². The summed E-state index contributed by atoms with van der Waals surface area (Å²) < 4.78 is 10.1. The average Bonchev–Trinajstić information content (AvgIpc) is 2.15. The lowest BCUT2D eigenvalue weighted by molar-refractivity contribution is -0.141. The Morgan fingerprint density at radius 1 is 1.40 bits per heavy atom. The molecule has 0 saturated heterocycles. The molecule has 1 saturated carbocycles. The number of rotatable bonds is 5. The van der Waals surface area contributed by atoms with Crippen molar-refractivity contribution in [2.75, 3.05) is 14.2 Å². The zero-order chi connectivity index (χ0) is 11.5. The van der Waals surface area contributed by atoms with Crippen LogP contribution in [0.2, 0.25) is 0 Å². The first-order chi connectivity index (χ1) is 7.03. The van der Waals surface area contributed by atoms with E-state index in [-0.39, 0.29) is 11.9 Å². The van der Waals surface area contributed by atoms with Crippen LogP contribution in [0.3, 0.4) is 0 Å². The molecular weight excluding hydrogens is 196 g/mol. The number of nitrogens with two attached hydrogens (primary N) is 1. The van der Waals surface area contributed by atoms with Gasteiger partial charge in [0.1, 0.15) is 0 Å². The summed E-state index contributed by atoms with van der Waals surface area (Å²) in [5.41, 5.74) is 5.22. The third-order valence-electron chi connectivity index (χ3n) is 2.93. The molecule has 1 atom stereocenters. The first-order valence-electron chi connectivity index (χ1n) is 5.19. The minimum atomic E-state index is -0.666. The maximum Gasteiger partial charge on any atom is 0.240 e.